The quantitative estimate of drug-likeness (QED) is 0.691. The van der Waals surface area contributed by atoms with Crippen molar-refractivity contribution in [2.75, 3.05) is 38.2 Å². The number of ether oxygens (including phenoxy) is 1. The van der Waals surface area contributed by atoms with Crippen LogP contribution in [0.1, 0.15) is 49.7 Å². The number of benzene rings is 1. The molecule has 0 atom stereocenters. The Kier molecular flexibility index (Phi) is 8.17. The van der Waals surface area contributed by atoms with Gasteiger partial charge in [0.1, 0.15) is 5.82 Å². The van der Waals surface area contributed by atoms with Gasteiger partial charge < -0.3 is 15.0 Å². The third-order valence-corrected chi connectivity index (χ3v) is 6.99. The average Bonchev–Trinajstić information content (AvgIpc) is 2.97. The van der Waals surface area contributed by atoms with Gasteiger partial charge in [-0.15, -0.1) is 12.4 Å². The van der Waals surface area contributed by atoms with Crippen molar-refractivity contribution in [2.45, 2.75) is 57.4 Å². The lowest BCUT2D eigenvalue weighted by Crippen LogP contribution is -2.41. The molecule has 6 nitrogen and oxygen atoms in total. The van der Waals surface area contributed by atoms with Gasteiger partial charge in [0.25, 0.3) is 0 Å². The Morgan fingerprint density at radius 1 is 1.16 bits per heavy atom. The standard InChI is InChI=1S/C23H32FN3O3.ClH/c1-30-22(28)7-4-16-2-5-18(6-3-16)26-12-13-27(23(26)29)19-14-17-8-10-25-11-9-20(17)21(24)15-19;/h14-16,18,25H,2-13H2,1H3;1H. The van der Waals surface area contributed by atoms with Crippen LogP contribution in [-0.4, -0.2) is 56.2 Å². The summed E-state index contributed by atoms with van der Waals surface area (Å²) in [5.74, 6) is 0.191. The van der Waals surface area contributed by atoms with E-state index in [2.05, 4.69) is 5.32 Å². The van der Waals surface area contributed by atoms with E-state index in [4.69, 9.17) is 4.74 Å². The molecule has 1 N–H and O–H groups in total. The van der Waals surface area contributed by atoms with Gasteiger partial charge in [0.15, 0.2) is 0 Å². The molecule has 0 bridgehead atoms. The molecule has 8 heteroatoms. The Morgan fingerprint density at radius 3 is 2.65 bits per heavy atom. The number of carbonyl (C=O) groups is 2. The molecule has 0 unspecified atom stereocenters. The van der Waals surface area contributed by atoms with Gasteiger partial charge >= 0.3 is 12.0 Å². The second-order valence-electron chi connectivity index (χ2n) is 8.73. The molecular formula is C23H33ClFN3O3. The van der Waals surface area contributed by atoms with Crippen LogP contribution in [0, 0.1) is 11.7 Å². The van der Waals surface area contributed by atoms with Crippen LogP contribution < -0.4 is 10.2 Å². The van der Waals surface area contributed by atoms with Gasteiger partial charge in [0.05, 0.1) is 7.11 Å². The van der Waals surface area contributed by atoms with Crippen molar-refractivity contribution in [3.05, 3.63) is 29.1 Å². The van der Waals surface area contributed by atoms with E-state index < -0.39 is 0 Å². The summed E-state index contributed by atoms with van der Waals surface area (Å²) in [5, 5.41) is 3.31. The molecule has 172 valence electrons. The lowest BCUT2D eigenvalue weighted by molar-refractivity contribution is -0.141. The minimum absolute atomic E-state index is 0. The fourth-order valence-corrected chi connectivity index (χ4v) is 5.20. The third kappa shape index (κ3) is 5.32. The molecule has 1 aromatic rings. The van der Waals surface area contributed by atoms with E-state index in [0.29, 0.717) is 37.5 Å². The van der Waals surface area contributed by atoms with Crippen LogP contribution in [-0.2, 0) is 22.4 Å². The molecule has 0 radical (unpaired) electrons. The lowest BCUT2D eigenvalue weighted by atomic mass is 9.83. The van der Waals surface area contributed by atoms with Crippen LogP contribution in [0.3, 0.4) is 0 Å². The second-order valence-corrected chi connectivity index (χ2v) is 8.73. The van der Waals surface area contributed by atoms with Gasteiger partial charge in [-0.25, -0.2) is 9.18 Å². The fourth-order valence-electron chi connectivity index (χ4n) is 5.20. The molecule has 0 spiro atoms. The van der Waals surface area contributed by atoms with E-state index in [1.54, 1.807) is 4.90 Å². The summed E-state index contributed by atoms with van der Waals surface area (Å²) in [6.07, 6.45) is 6.83. The van der Waals surface area contributed by atoms with E-state index in [-0.39, 0.29) is 36.3 Å². The van der Waals surface area contributed by atoms with Crippen LogP contribution in [0.2, 0.25) is 0 Å². The summed E-state index contributed by atoms with van der Waals surface area (Å²) < 4.78 is 19.5. The first-order valence-corrected chi connectivity index (χ1v) is 11.2. The Balaban J connectivity index is 0.00000272. The predicted octanol–water partition coefficient (Wildman–Crippen LogP) is 3.69. The van der Waals surface area contributed by atoms with Gasteiger partial charge in [-0.2, -0.15) is 0 Å². The van der Waals surface area contributed by atoms with E-state index in [0.717, 1.165) is 62.7 Å². The summed E-state index contributed by atoms with van der Waals surface area (Å²) >= 11 is 0. The highest BCUT2D eigenvalue weighted by atomic mass is 35.5. The Labute approximate surface area is 189 Å². The van der Waals surface area contributed by atoms with Crippen LogP contribution in [0.5, 0.6) is 0 Å². The molecule has 2 amide bonds. The number of nitrogens with one attached hydrogen (secondary N) is 1. The highest BCUT2D eigenvalue weighted by Gasteiger charge is 2.36. The van der Waals surface area contributed by atoms with Crippen molar-refractivity contribution in [2.24, 2.45) is 5.92 Å². The largest absolute Gasteiger partial charge is 0.469 e. The molecule has 0 aromatic heterocycles. The molecule has 2 fully saturated rings. The Bertz CT molecular complexity index is 799. The van der Waals surface area contributed by atoms with E-state index in [9.17, 15) is 14.0 Å². The normalized spacial score (nSPS) is 23.7. The average molecular weight is 454 g/mol. The number of halogens is 2. The topological polar surface area (TPSA) is 61.9 Å². The minimum Gasteiger partial charge on any atom is -0.469 e. The smallest absolute Gasteiger partial charge is 0.324 e. The Morgan fingerprint density at radius 2 is 1.90 bits per heavy atom. The SMILES string of the molecule is COC(=O)CCC1CCC(N2CCN(c3cc(F)c4c(c3)CCNCC4)C2=O)CC1.Cl. The van der Waals surface area contributed by atoms with Gasteiger partial charge in [0.2, 0.25) is 0 Å². The maximum absolute atomic E-state index is 14.7. The molecular weight excluding hydrogens is 421 g/mol. The summed E-state index contributed by atoms with van der Waals surface area (Å²) in [7, 11) is 1.43. The maximum Gasteiger partial charge on any atom is 0.324 e. The van der Waals surface area contributed by atoms with Gasteiger partial charge in [-0.05, 0) is 87.2 Å². The van der Waals surface area contributed by atoms with Crippen molar-refractivity contribution < 1.29 is 18.7 Å². The summed E-state index contributed by atoms with van der Waals surface area (Å²) in [4.78, 5) is 28.2. The number of carbonyl (C=O) groups excluding carboxylic acids is 2. The number of esters is 1. The van der Waals surface area contributed by atoms with E-state index in [1.807, 2.05) is 11.0 Å². The van der Waals surface area contributed by atoms with Crippen LogP contribution in [0.4, 0.5) is 14.9 Å². The second kappa shape index (κ2) is 10.6. The van der Waals surface area contributed by atoms with Crippen molar-refractivity contribution in [3.63, 3.8) is 0 Å². The van der Waals surface area contributed by atoms with Crippen molar-refractivity contribution >= 4 is 30.1 Å². The number of methoxy groups -OCH3 is 1. The molecule has 3 aliphatic rings. The monoisotopic (exact) mass is 453 g/mol. The molecule has 31 heavy (non-hydrogen) atoms. The van der Waals surface area contributed by atoms with Gasteiger partial charge in [0, 0.05) is 31.2 Å². The number of hydrogen-bond acceptors (Lipinski definition) is 4. The number of hydrogen-bond donors (Lipinski definition) is 1. The van der Waals surface area contributed by atoms with Crippen LogP contribution >= 0.6 is 12.4 Å². The fraction of sp³-hybridized carbons (Fsp3) is 0.652. The first-order chi connectivity index (χ1) is 14.6. The maximum atomic E-state index is 14.7. The summed E-state index contributed by atoms with van der Waals surface area (Å²) in [6, 6.07) is 3.79. The third-order valence-electron chi connectivity index (χ3n) is 6.99. The highest BCUT2D eigenvalue weighted by Crippen LogP contribution is 2.34. The van der Waals surface area contributed by atoms with Crippen molar-refractivity contribution in [3.8, 4) is 0 Å². The first kappa shape index (κ1) is 23.8. The van der Waals surface area contributed by atoms with E-state index >= 15 is 0 Å². The first-order valence-electron chi connectivity index (χ1n) is 11.2. The van der Waals surface area contributed by atoms with Crippen LogP contribution in [0.25, 0.3) is 0 Å². The van der Waals surface area contributed by atoms with E-state index in [1.165, 1.54) is 13.2 Å². The summed E-state index contributed by atoms with van der Waals surface area (Å²) in [6.45, 7) is 2.94. The number of fused-ring (bicyclic) bond motifs is 1. The van der Waals surface area contributed by atoms with Crippen molar-refractivity contribution in [1.29, 1.82) is 0 Å². The van der Waals surface area contributed by atoms with Crippen LogP contribution in [0.15, 0.2) is 12.1 Å². The molecule has 1 saturated carbocycles. The van der Waals surface area contributed by atoms with Gasteiger partial charge in [-0.3, -0.25) is 9.69 Å². The molecule has 2 aliphatic heterocycles. The minimum atomic E-state index is -0.191. The zero-order valence-electron chi connectivity index (χ0n) is 18.2. The number of nitrogens with zero attached hydrogens (tertiary/aromatic N) is 2. The molecule has 2 heterocycles. The number of urea groups is 1. The lowest BCUT2D eigenvalue weighted by Gasteiger charge is -2.34. The molecule has 1 aromatic carbocycles. The van der Waals surface area contributed by atoms with Crippen molar-refractivity contribution in [1.82, 2.24) is 10.2 Å². The highest BCUT2D eigenvalue weighted by molar-refractivity contribution is 5.94. The van der Waals surface area contributed by atoms with Gasteiger partial charge in [-0.1, -0.05) is 0 Å². The molecule has 4 rings (SSSR count). The number of amides is 2. The Hall–Kier alpha value is -1.86. The zero-order valence-corrected chi connectivity index (χ0v) is 19.0. The number of anilines is 1. The predicted molar refractivity (Wildman–Crippen MR) is 120 cm³/mol. The molecule has 1 aliphatic carbocycles. The summed E-state index contributed by atoms with van der Waals surface area (Å²) in [5.41, 5.74) is 2.50. The number of rotatable bonds is 5. The zero-order chi connectivity index (χ0) is 21.1. The molecule has 1 saturated heterocycles.